The van der Waals surface area contributed by atoms with Crippen molar-refractivity contribution >= 4 is 23.1 Å². The number of benzene rings is 1. The maximum absolute atomic E-state index is 8.97. The summed E-state index contributed by atoms with van der Waals surface area (Å²) in [6.45, 7) is 2.02. The molecular weight excluding hydrogens is 246 g/mol. The van der Waals surface area contributed by atoms with Crippen molar-refractivity contribution in [3.63, 3.8) is 0 Å². The molecule has 0 spiro atoms. The van der Waals surface area contributed by atoms with Crippen molar-refractivity contribution in [2.24, 2.45) is 0 Å². The SMILES string of the molecule is Cc1ccccc1N(C)c1nccc(C#N)c1Cl. The van der Waals surface area contributed by atoms with E-state index < -0.39 is 0 Å². The number of halogens is 1. The predicted molar refractivity (Wildman–Crippen MR) is 73.2 cm³/mol. The molecule has 0 radical (unpaired) electrons. The van der Waals surface area contributed by atoms with E-state index in [1.54, 1.807) is 12.3 Å². The van der Waals surface area contributed by atoms with Gasteiger partial charge in [-0.1, -0.05) is 29.8 Å². The molecule has 1 heterocycles. The summed E-state index contributed by atoms with van der Waals surface area (Å²) < 4.78 is 0. The van der Waals surface area contributed by atoms with Crippen molar-refractivity contribution in [1.29, 1.82) is 5.26 Å². The molecule has 90 valence electrons. The normalized spacial score (nSPS) is 9.89. The summed E-state index contributed by atoms with van der Waals surface area (Å²) in [5, 5.41) is 9.35. The van der Waals surface area contributed by atoms with E-state index in [1.807, 2.05) is 43.1 Å². The minimum absolute atomic E-state index is 0.380. The molecule has 2 rings (SSSR count). The second-order valence-electron chi connectivity index (χ2n) is 3.95. The van der Waals surface area contributed by atoms with Gasteiger partial charge in [0.2, 0.25) is 0 Å². The van der Waals surface area contributed by atoms with Crippen LogP contribution in [-0.2, 0) is 0 Å². The zero-order valence-electron chi connectivity index (χ0n) is 10.2. The summed E-state index contributed by atoms with van der Waals surface area (Å²) in [6.07, 6.45) is 1.59. The number of pyridine rings is 1. The number of rotatable bonds is 2. The molecular formula is C14H12ClN3. The Hall–Kier alpha value is -2.05. The number of aryl methyl sites for hydroxylation is 1. The Kier molecular flexibility index (Phi) is 3.50. The van der Waals surface area contributed by atoms with E-state index in [2.05, 4.69) is 11.1 Å². The number of hydrogen-bond donors (Lipinski definition) is 0. The Morgan fingerprint density at radius 1 is 1.28 bits per heavy atom. The van der Waals surface area contributed by atoms with E-state index in [1.165, 1.54) is 0 Å². The fourth-order valence-corrected chi connectivity index (χ4v) is 2.09. The molecule has 0 amide bonds. The summed E-state index contributed by atoms with van der Waals surface area (Å²) >= 11 is 6.18. The van der Waals surface area contributed by atoms with E-state index in [9.17, 15) is 0 Å². The molecule has 1 aromatic heterocycles. The van der Waals surface area contributed by atoms with Crippen molar-refractivity contribution < 1.29 is 0 Å². The van der Waals surface area contributed by atoms with E-state index >= 15 is 0 Å². The Balaban J connectivity index is 2.51. The van der Waals surface area contributed by atoms with Crippen LogP contribution >= 0.6 is 11.6 Å². The molecule has 0 saturated heterocycles. The molecule has 18 heavy (non-hydrogen) atoms. The van der Waals surface area contributed by atoms with Crippen molar-refractivity contribution in [3.8, 4) is 6.07 Å². The molecule has 0 bridgehead atoms. The van der Waals surface area contributed by atoms with Gasteiger partial charge < -0.3 is 4.90 Å². The maximum atomic E-state index is 8.97. The fraction of sp³-hybridized carbons (Fsp3) is 0.143. The third kappa shape index (κ3) is 2.15. The molecule has 0 fully saturated rings. The highest BCUT2D eigenvalue weighted by Gasteiger charge is 2.14. The first-order chi connectivity index (χ1) is 8.65. The van der Waals surface area contributed by atoms with Crippen molar-refractivity contribution in [1.82, 2.24) is 4.98 Å². The molecule has 0 aliphatic rings. The average Bonchev–Trinajstić information content (AvgIpc) is 2.39. The number of nitriles is 1. The second kappa shape index (κ2) is 5.07. The van der Waals surface area contributed by atoms with Gasteiger partial charge in [0.05, 0.1) is 5.56 Å². The highest BCUT2D eigenvalue weighted by molar-refractivity contribution is 6.34. The van der Waals surface area contributed by atoms with Gasteiger partial charge in [-0.2, -0.15) is 5.26 Å². The van der Waals surface area contributed by atoms with Gasteiger partial charge in [-0.3, -0.25) is 0 Å². The first-order valence-electron chi connectivity index (χ1n) is 5.49. The van der Waals surface area contributed by atoms with Gasteiger partial charge in [-0.15, -0.1) is 0 Å². The lowest BCUT2D eigenvalue weighted by atomic mass is 10.2. The summed E-state index contributed by atoms with van der Waals surface area (Å²) in [4.78, 5) is 6.13. The smallest absolute Gasteiger partial charge is 0.152 e. The highest BCUT2D eigenvalue weighted by atomic mass is 35.5. The van der Waals surface area contributed by atoms with E-state index in [-0.39, 0.29) is 0 Å². The van der Waals surface area contributed by atoms with E-state index in [0.717, 1.165) is 11.3 Å². The molecule has 0 unspecified atom stereocenters. The van der Waals surface area contributed by atoms with Gasteiger partial charge in [-0.05, 0) is 24.6 Å². The van der Waals surface area contributed by atoms with Crippen LogP contribution in [0.5, 0.6) is 0 Å². The molecule has 0 aliphatic heterocycles. The van der Waals surface area contributed by atoms with Gasteiger partial charge in [0.25, 0.3) is 0 Å². The van der Waals surface area contributed by atoms with Crippen LogP contribution in [-0.4, -0.2) is 12.0 Å². The minimum Gasteiger partial charge on any atom is -0.328 e. The van der Waals surface area contributed by atoms with Crippen LogP contribution in [0.25, 0.3) is 0 Å². The van der Waals surface area contributed by atoms with Crippen LogP contribution in [0.4, 0.5) is 11.5 Å². The molecule has 4 heteroatoms. The Morgan fingerprint density at radius 3 is 2.67 bits per heavy atom. The standard InChI is InChI=1S/C14H12ClN3/c1-10-5-3-4-6-12(10)18(2)14-13(15)11(9-16)7-8-17-14/h3-8H,1-2H3. The van der Waals surface area contributed by atoms with Gasteiger partial charge in [-0.25, -0.2) is 4.98 Å². The molecule has 3 nitrogen and oxygen atoms in total. The maximum Gasteiger partial charge on any atom is 0.152 e. The molecule has 1 aromatic carbocycles. The average molecular weight is 258 g/mol. The number of aromatic nitrogens is 1. The van der Waals surface area contributed by atoms with Crippen LogP contribution in [0.3, 0.4) is 0 Å². The topological polar surface area (TPSA) is 39.9 Å². The van der Waals surface area contributed by atoms with Crippen LogP contribution in [0, 0.1) is 18.3 Å². The molecule has 0 atom stereocenters. The number of para-hydroxylation sites is 1. The largest absolute Gasteiger partial charge is 0.328 e. The number of anilines is 2. The lowest BCUT2D eigenvalue weighted by Gasteiger charge is -2.21. The van der Waals surface area contributed by atoms with Crippen LogP contribution in [0.1, 0.15) is 11.1 Å². The first kappa shape index (κ1) is 12.4. The third-order valence-electron chi connectivity index (χ3n) is 2.79. The summed E-state index contributed by atoms with van der Waals surface area (Å²) in [5.41, 5.74) is 2.57. The predicted octanol–water partition coefficient (Wildman–Crippen LogP) is 3.68. The first-order valence-corrected chi connectivity index (χ1v) is 5.87. The minimum atomic E-state index is 0.380. The number of hydrogen-bond acceptors (Lipinski definition) is 3. The van der Waals surface area contributed by atoms with Crippen LogP contribution in [0.2, 0.25) is 5.02 Å². The Bertz CT molecular complexity index is 617. The molecule has 0 aliphatic carbocycles. The molecule has 2 aromatic rings. The van der Waals surface area contributed by atoms with Gasteiger partial charge in [0, 0.05) is 18.9 Å². The van der Waals surface area contributed by atoms with Gasteiger partial charge >= 0.3 is 0 Å². The zero-order valence-corrected chi connectivity index (χ0v) is 10.9. The number of nitrogens with zero attached hydrogens (tertiary/aromatic N) is 3. The van der Waals surface area contributed by atoms with Crippen molar-refractivity contribution in [3.05, 3.63) is 52.7 Å². The summed E-state index contributed by atoms with van der Waals surface area (Å²) in [5.74, 6) is 0.588. The lowest BCUT2D eigenvalue weighted by Crippen LogP contribution is -2.13. The monoisotopic (exact) mass is 257 g/mol. The summed E-state index contributed by atoms with van der Waals surface area (Å²) in [7, 11) is 1.89. The Labute approximate surface area is 111 Å². The zero-order chi connectivity index (χ0) is 13.1. The van der Waals surface area contributed by atoms with Gasteiger partial charge in [0.1, 0.15) is 11.1 Å². The Morgan fingerprint density at radius 2 is 2.00 bits per heavy atom. The molecule has 0 saturated carbocycles. The van der Waals surface area contributed by atoms with Crippen LogP contribution < -0.4 is 4.90 Å². The van der Waals surface area contributed by atoms with Gasteiger partial charge in [0.15, 0.2) is 5.82 Å². The lowest BCUT2D eigenvalue weighted by molar-refractivity contribution is 1.11. The second-order valence-corrected chi connectivity index (χ2v) is 4.33. The molecule has 0 N–H and O–H groups in total. The summed E-state index contributed by atoms with van der Waals surface area (Å²) in [6, 6.07) is 11.6. The quantitative estimate of drug-likeness (QED) is 0.824. The van der Waals surface area contributed by atoms with E-state index in [4.69, 9.17) is 16.9 Å². The third-order valence-corrected chi connectivity index (χ3v) is 3.16. The van der Waals surface area contributed by atoms with Crippen molar-refractivity contribution in [2.75, 3.05) is 11.9 Å². The highest BCUT2D eigenvalue weighted by Crippen LogP contribution is 2.31. The van der Waals surface area contributed by atoms with E-state index in [0.29, 0.717) is 16.4 Å². The van der Waals surface area contributed by atoms with Crippen LogP contribution in [0.15, 0.2) is 36.5 Å². The van der Waals surface area contributed by atoms with Crippen molar-refractivity contribution in [2.45, 2.75) is 6.92 Å². The fourth-order valence-electron chi connectivity index (χ4n) is 1.81.